The Kier molecular flexibility index (Phi) is 12.5. The SMILES string of the molecule is CCCCCCCCC(CCCc1cc(F)cc(F)c1)C(O)(OCC)OCC. The standard InChI is InChI=1S/C23H38F2O3/c1-4-7-8-9-10-11-14-20(23(26,27-5-2)28-6-3)15-12-13-19-16-21(24)18-22(25)17-19/h16-18,20,26H,4-15H2,1-3H3. The first kappa shape index (κ1) is 25.0. The van der Waals surface area contributed by atoms with E-state index in [1.54, 1.807) is 0 Å². The van der Waals surface area contributed by atoms with Crippen molar-refractivity contribution in [2.45, 2.75) is 91.0 Å². The average molecular weight is 401 g/mol. The number of unbranched alkanes of at least 4 members (excludes halogenated alkanes) is 5. The van der Waals surface area contributed by atoms with Crippen LogP contribution < -0.4 is 0 Å². The van der Waals surface area contributed by atoms with Gasteiger partial charge in [-0.25, -0.2) is 8.78 Å². The van der Waals surface area contributed by atoms with E-state index < -0.39 is 17.6 Å². The molecular weight excluding hydrogens is 362 g/mol. The molecule has 0 aliphatic carbocycles. The molecule has 0 heterocycles. The minimum Gasteiger partial charge on any atom is -0.343 e. The molecule has 0 aliphatic heterocycles. The summed E-state index contributed by atoms with van der Waals surface area (Å²) in [6.45, 7) is 6.59. The van der Waals surface area contributed by atoms with E-state index in [0.29, 0.717) is 38.0 Å². The van der Waals surface area contributed by atoms with Crippen molar-refractivity contribution in [1.29, 1.82) is 0 Å². The Bertz CT molecular complexity index is 510. The topological polar surface area (TPSA) is 38.7 Å². The van der Waals surface area contributed by atoms with Crippen molar-refractivity contribution in [2.24, 2.45) is 5.92 Å². The van der Waals surface area contributed by atoms with Gasteiger partial charge in [0, 0.05) is 25.2 Å². The van der Waals surface area contributed by atoms with E-state index in [1.165, 1.54) is 37.8 Å². The van der Waals surface area contributed by atoms with Crippen LogP contribution in [-0.4, -0.2) is 24.3 Å². The summed E-state index contributed by atoms with van der Waals surface area (Å²) in [4.78, 5) is 0. The highest BCUT2D eigenvalue weighted by Gasteiger charge is 2.38. The fourth-order valence-corrected chi connectivity index (χ4v) is 3.68. The molecule has 1 N–H and O–H groups in total. The molecule has 1 unspecified atom stereocenters. The molecule has 0 spiro atoms. The third kappa shape index (κ3) is 9.44. The molecule has 28 heavy (non-hydrogen) atoms. The van der Waals surface area contributed by atoms with Crippen LogP contribution in [0.3, 0.4) is 0 Å². The number of ether oxygens (including phenoxy) is 2. The molecule has 1 aromatic rings. The molecule has 1 aromatic carbocycles. The largest absolute Gasteiger partial charge is 0.343 e. The van der Waals surface area contributed by atoms with Gasteiger partial charge in [-0.15, -0.1) is 0 Å². The Labute approximate surface area is 169 Å². The molecule has 1 atom stereocenters. The Morgan fingerprint density at radius 2 is 1.36 bits per heavy atom. The number of aryl methyl sites for hydroxylation is 1. The smallest absolute Gasteiger partial charge is 0.283 e. The molecule has 3 nitrogen and oxygen atoms in total. The molecular formula is C23H38F2O3. The van der Waals surface area contributed by atoms with Crippen LogP contribution in [0.25, 0.3) is 0 Å². The zero-order valence-electron chi connectivity index (χ0n) is 17.8. The maximum absolute atomic E-state index is 13.4. The third-order valence-corrected chi connectivity index (χ3v) is 5.06. The summed E-state index contributed by atoms with van der Waals surface area (Å²) in [7, 11) is 0. The Hall–Kier alpha value is -1.04. The van der Waals surface area contributed by atoms with Gasteiger partial charge >= 0.3 is 0 Å². The van der Waals surface area contributed by atoms with Crippen LogP contribution in [0.4, 0.5) is 8.78 Å². The van der Waals surface area contributed by atoms with Crippen LogP contribution >= 0.6 is 0 Å². The molecule has 0 saturated carbocycles. The van der Waals surface area contributed by atoms with Gasteiger partial charge in [0.2, 0.25) is 0 Å². The van der Waals surface area contributed by atoms with Crippen molar-refractivity contribution in [2.75, 3.05) is 13.2 Å². The normalized spacial score (nSPS) is 13.1. The second-order valence-corrected chi connectivity index (χ2v) is 7.42. The summed E-state index contributed by atoms with van der Waals surface area (Å²) in [5.74, 6) is -2.88. The second kappa shape index (κ2) is 14.0. The third-order valence-electron chi connectivity index (χ3n) is 5.06. The number of hydrogen-bond donors (Lipinski definition) is 1. The lowest BCUT2D eigenvalue weighted by Gasteiger charge is -2.35. The molecule has 0 saturated heterocycles. The van der Waals surface area contributed by atoms with Gasteiger partial charge in [-0.3, -0.25) is 0 Å². The molecule has 5 heteroatoms. The minimum atomic E-state index is -1.60. The fourth-order valence-electron chi connectivity index (χ4n) is 3.68. The van der Waals surface area contributed by atoms with Gasteiger partial charge in [0.15, 0.2) is 0 Å². The van der Waals surface area contributed by atoms with Crippen molar-refractivity contribution >= 4 is 0 Å². The van der Waals surface area contributed by atoms with E-state index in [1.807, 2.05) is 13.8 Å². The van der Waals surface area contributed by atoms with Crippen LogP contribution in [0.1, 0.15) is 84.1 Å². The summed E-state index contributed by atoms with van der Waals surface area (Å²) in [6, 6.07) is 3.61. The van der Waals surface area contributed by atoms with E-state index in [-0.39, 0.29) is 5.92 Å². The summed E-state index contributed by atoms with van der Waals surface area (Å²) < 4.78 is 37.9. The Balaban J connectivity index is 2.64. The zero-order valence-corrected chi connectivity index (χ0v) is 17.8. The van der Waals surface area contributed by atoms with Crippen LogP contribution in [0.15, 0.2) is 18.2 Å². The monoisotopic (exact) mass is 400 g/mol. The van der Waals surface area contributed by atoms with Crippen LogP contribution in [-0.2, 0) is 15.9 Å². The van der Waals surface area contributed by atoms with Crippen LogP contribution in [0.2, 0.25) is 0 Å². The predicted molar refractivity (Wildman–Crippen MR) is 109 cm³/mol. The van der Waals surface area contributed by atoms with E-state index in [9.17, 15) is 13.9 Å². The molecule has 0 aliphatic rings. The van der Waals surface area contributed by atoms with Crippen molar-refractivity contribution in [3.63, 3.8) is 0 Å². The van der Waals surface area contributed by atoms with Gasteiger partial charge in [-0.05, 0) is 57.2 Å². The highest BCUT2D eigenvalue weighted by Crippen LogP contribution is 2.31. The fraction of sp³-hybridized carbons (Fsp3) is 0.739. The van der Waals surface area contributed by atoms with Gasteiger partial charge in [0.25, 0.3) is 5.97 Å². The number of aliphatic hydroxyl groups is 1. The first-order valence-electron chi connectivity index (χ1n) is 10.9. The number of halogens is 2. The summed E-state index contributed by atoms with van der Waals surface area (Å²) in [6.07, 6.45) is 9.78. The van der Waals surface area contributed by atoms with Crippen molar-refractivity contribution in [1.82, 2.24) is 0 Å². The van der Waals surface area contributed by atoms with Gasteiger partial charge in [-0.1, -0.05) is 45.4 Å². The highest BCUT2D eigenvalue weighted by atomic mass is 19.1. The number of benzene rings is 1. The quantitative estimate of drug-likeness (QED) is 0.259. The van der Waals surface area contributed by atoms with E-state index >= 15 is 0 Å². The maximum Gasteiger partial charge on any atom is 0.283 e. The minimum absolute atomic E-state index is 0.169. The van der Waals surface area contributed by atoms with Gasteiger partial charge in [0.05, 0.1) is 0 Å². The average Bonchev–Trinajstić information content (AvgIpc) is 2.62. The Morgan fingerprint density at radius 1 is 0.821 bits per heavy atom. The zero-order chi connectivity index (χ0) is 20.8. The molecule has 0 aromatic heterocycles. The summed E-state index contributed by atoms with van der Waals surface area (Å²) in [5.41, 5.74) is 0.632. The van der Waals surface area contributed by atoms with Gasteiger partial charge < -0.3 is 14.6 Å². The van der Waals surface area contributed by atoms with Crippen LogP contribution in [0.5, 0.6) is 0 Å². The molecule has 0 bridgehead atoms. The maximum atomic E-state index is 13.4. The predicted octanol–water partition coefficient (Wildman–Crippen LogP) is 6.37. The lowest BCUT2D eigenvalue weighted by molar-refractivity contribution is -0.385. The first-order chi connectivity index (χ1) is 13.4. The van der Waals surface area contributed by atoms with Gasteiger partial charge in [-0.2, -0.15) is 0 Å². The lowest BCUT2D eigenvalue weighted by atomic mass is 9.91. The number of hydrogen-bond acceptors (Lipinski definition) is 3. The second-order valence-electron chi connectivity index (χ2n) is 7.42. The van der Waals surface area contributed by atoms with Crippen molar-refractivity contribution in [3.8, 4) is 0 Å². The lowest BCUT2D eigenvalue weighted by Crippen LogP contribution is -2.44. The van der Waals surface area contributed by atoms with E-state index in [0.717, 1.165) is 25.3 Å². The Morgan fingerprint density at radius 3 is 1.93 bits per heavy atom. The van der Waals surface area contributed by atoms with Crippen molar-refractivity contribution in [3.05, 3.63) is 35.4 Å². The first-order valence-corrected chi connectivity index (χ1v) is 10.9. The van der Waals surface area contributed by atoms with Crippen LogP contribution in [0, 0.1) is 17.6 Å². The molecule has 0 radical (unpaired) electrons. The number of rotatable bonds is 16. The molecule has 162 valence electrons. The molecule has 1 rings (SSSR count). The molecule has 0 amide bonds. The van der Waals surface area contributed by atoms with E-state index in [2.05, 4.69) is 6.92 Å². The summed E-state index contributed by atoms with van der Waals surface area (Å²) >= 11 is 0. The summed E-state index contributed by atoms with van der Waals surface area (Å²) in [5, 5.41) is 10.9. The highest BCUT2D eigenvalue weighted by molar-refractivity contribution is 5.17. The molecule has 0 fully saturated rings. The van der Waals surface area contributed by atoms with E-state index in [4.69, 9.17) is 9.47 Å². The van der Waals surface area contributed by atoms with Crippen molar-refractivity contribution < 1.29 is 23.4 Å². The van der Waals surface area contributed by atoms with Gasteiger partial charge in [0.1, 0.15) is 11.6 Å².